The molecule has 6 nitrogen and oxygen atoms in total. The van der Waals surface area contributed by atoms with Gasteiger partial charge < -0.3 is 10.1 Å². The highest BCUT2D eigenvalue weighted by Gasteiger charge is 2.40. The fourth-order valence-electron chi connectivity index (χ4n) is 2.49. The molecule has 2 aromatic rings. The topological polar surface area (TPSA) is 75.7 Å². The molecular formula is C17H15FN2O4S. The molecule has 0 spiro atoms. The number of halogens is 1. The monoisotopic (exact) mass is 362 g/mol. The Morgan fingerprint density at radius 3 is 2.84 bits per heavy atom. The van der Waals surface area contributed by atoms with Gasteiger partial charge in [0.05, 0.1) is 11.5 Å². The van der Waals surface area contributed by atoms with Gasteiger partial charge >= 0.3 is 12.0 Å². The smallest absolute Gasteiger partial charge is 0.334 e. The Morgan fingerprint density at radius 2 is 2.08 bits per heavy atom. The number of benzene rings is 2. The third-order valence-electron chi connectivity index (χ3n) is 3.73. The van der Waals surface area contributed by atoms with E-state index in [2.05, 4.69) is 5.32 Å². The van der Waals surface area contributed by atoms with Crippen LogP contribution in [0.3, 0.4) is 0 Å². The summed E-state index contributed by atoms with van der Waals surface area (Å²) in [6.07, 6.45) is 0. The Labute approximate surface area is 147 Å². The van der Waals surface area contributed by atoms with Crippen molar-refractivity contribution in [2.24, 2.45) is 5.92 Å². The standard InChI is InChI=1S/C17H15FN2O4S/c1-2-24-16(22)12-9-19-17(23)20(15(12)21)25-13-8-7-10-5-3-4-6-11(10)14(13)18/h3-8,12H,2,9H2,1H3,(H,19,23). The number of rotatable bonds is 4. The lowest BCUT2D eigenvalue weighted by molar-refractivity contribution is -0.153. The second-order valence-corrected chi connectivity index (χ2v) is 6.30. The van der Waals surface area contributed by atoms with Crippen LogP contribution in [0.5, 0.6) is 0 Å². The average Bonchev–Trinajstić information content (AvgIpc) is 2.60. The van der Waals surface area contributed by atoms with Crippen LogP contribution in [0.25, 0.3) is 10.8 Å². The van der Waals surface area contributed by atoms with Gasteiger partial charge in [-0.05, 0) is 18.4 Å². The van der Waals surface area contributed by atoms with E-state index in [1.807, 2.05) is 0 Å². The van der Waals surface area contributed by atoms with E-state index in [1.165, 1.54) is 6.07 Å². The zero-order valence-electron chi connectivity index (χ0n) is 13.3. The Hall–Kier alpha value is -2.61. The summed E-state index contributed by atoms with van der Waals surface area (Å²) in [5.74, 6) is -3.09. The van der Waals surface area contributed by atoms with Crippen LogP contribution in [0, 0.1) is 11.7 Å². The lowest BCUT2D eigenvalue weighted by atomic mass is 10.1. The molecule has 0 bridgehead atoms. The van der Waals surface area contributed by atoms with Crippen molar-refractivity contribution in [3.63, 3.8) is 0 Å². The quantitative estimate of drug-likeness (QED) is 0.514. The summed E-state index contributed by atoms with van der Waals surface area (Å²) < 4.78 is 20.3. The number of nitrogens with zero attached hydrogens (tertiary/aromatic N) is 1. The van der Waals surface area contributed by atoms with Crippen molar-refractivity contribution in [2.75, 3.05) is 13.2 Å². The fraction of sp³-hybridized carbons (Fsp3) is 0.235. The van der Waals surface area contributed by atoms with Gasteiger partial charge in [-0.2, -0.15) is 4.31 Å². The predicted molar refractivity (Wildman–Crippen MR) is 90.1 cm³/mol. The first kappa shape index (κ1) is 17.2. The van der Waals surface area contributed by atoms with Crippen LogP contribution < -0.4 is 5.32 Å². The van der Waals surface area contributed by atoms with Crippen LogP contribution in [-0.4, -0.2) is 35.4 Å². The van der Waals surface area contributed by atoms with E-state index in [4.69, 9.17) is 4.74 Å². The molecular weight excluding hydrogens is 347 g/mol. The maximum Gasteiger partial charge on any atom is 0.334 e. The van der Waals surface area contributed by atoms with Crippen molar-refractivity contribution in [1.82, 2.24) is 9.62 Å². The number of urea groups is 1. The maximum absolute atomic E-state index is 14.7. The molecule has 1 fully saturated rings. The largest absolute Gasteiger partial charge is 0.465 e. The van der Waals surface area contributed by atoms with E-state index in [9.17, 15) is 18.8 Å². The molecule has 0 radical (unpaired) electrons. The minimum Gasteiger partial charge on any atom is -0.465 e. The molecule has 1 N–H and O–H groups in total. The highest BCUT2D eigenvalue weighted by Crippen LogP contribution is 2.32. The number of ether oxygens (including phenoxy) is 1. The maximum atomic E-state index is 14.7. The number of hydrogen-bond donors (Lipinski definition) is 1. The van der Waals surface area contributed by atoms with Crippen molar-refractivity contribution in [2.45, 2.75) is 11.8 Å². The number of nitrogens with one attached hydrogen (secondary N) is 1. The van der Waals surface area contributed by atoms with Gasteiger partial charge in [-0.3, -0.25) is 9.59 Å². The second-order valence-electron chi connectivity index (χ2n) is 5.31. The summed E-state index contributed by atoms with van der Waals surface area (Å²) in [6, 6.07) is 9.39. The lowest BCUT2D eigenvalue weighted by Gasteiger charge is -2.29. The molecule has 0 saturated carbocycles. The molecule has 1 atom stereocenters. The zero-order chi connectivity index (χ0) is 18.0. The lowest BCUT2D eigenvalue weighted by Crippen LogP contribution is -2.54. The minimum atomic E-state index is -1.13. The summed E-state index contributed by atoms with van der Waals surface area (Å²) in [7, 11) is 0. The first-order chi connectivity index (χ1) is 12.0. The normalized spacial score (nSPS) is 17.5. The Balaban J connectivity index is 1.88. The number of imide groups is 1. The van der Waals surface area contributed by atoms with Gasteiger partial charge in [0, 0.05) is 23.9 Å². The average molecular weight is 362 g/mol. The summed E-state index contributed by atoms with van der Waals surface area (Å²) in [5.41, 5.74) is 0. The van der Waals surface area contributed by atoms with Gasteiger partial charge in [0.2, 0.25) is 0 Å². The van der Waals surface area contributed by atoms with Crippen LogP contribution in [0.4, 0.5) is 9.18 Å². The SMILES string of the molecule is CCOC(=O)C1CNC(=O)N(Sc2ccc3ccccc3c2F)C1=O. The Morgan fingerprint density at radius 1 is 1.32 bits per heavy atom. The number of amides is 3. The van der Waals surface area contributed by atoms with Gasteiger partial charge in [0.25, 0.3) is 5.91 Å². The third kappa shape index (κ3) is 3.30. The van der Waals surface area contributed by atoms with E-state index >= 15 is 0 Å². The third-order valence-corrected chi connectivity index (χ3v) is 4.77. The van der Waals surface area contributed by atoms with Crippen molar-refractivity contribution in [3.05, 3.63) is 42.2 Å². The first-order valence-electron chi connectivity index (χ1n) is 7.66. The van der Waals surface area contributed by atoms with Crippen molar-refractivity contribution in [3.8, 4) is 0 Å². The molecule has 3 rings (SSSR count). The molecule has 1 heterocycles. The number of esters is 1. The van der Waals surface area contributed by atoms with Crippen LogP contribution >= 0.6 is 11.9 Å². The van der Waals surface area contributed by atoms with E-state index in [-0.39, 0.29) is 18.0 Å². The summed E-state index contributed by atoms with van der Waals surface area (Å²) in [4.78, 5) is 36.4. The number of hydrogen-bond acceptors (Lipinski definition) is 5. The van der Waals surface area contributed by atoms with Crippen molar-refractivity contribution < 1.29 is 23.5 Å². The summed E-state index contributed by atoms with van der Waals surface area (Å²) in [6.45, 7) is 1.62. The fourth-order valence-corrected chi connectivity index (χ4v) is 3.37. The van der Waals surface area contributed by atoms with Crippen LogP contribution in [0.15, 0.2) is 41.3 Å². The molecule has 1 unspecified atom stereocenters. The number of carbonyl (C=O) groups excluding carboxylic acids is 3. The van der Waals surface area contributed by atoms with Crippen LogP contribution in [0.2, 0.25) is 0 Å². The second kappa shape index (κ2) is 7.10. The van der Waals surface area contributed by atoms with E-state index in [1.54, 1.807) is 37.3 Å². The number of carbonyl (C=O) groups is 3. The first-order valence-corrected chi connectivity index (χ1v) is 8.44. The van der Waals surface area contributed by atoms with Gasteiger partial charge in [0.15, 0.2) is 5.92 Å². The van der Waals surface area contributed by atoms with Crippen LogP contribution in [0.1, 0.15) is 6.92 Å². The summed E-state index contributed by atoms with van der Waals surface area (Å²) in [5, 5.41) is 3.55. The minimum absolute atomic E-state index is 0.117. The van der Waals surface area contributed by atoms with Gasteiger partial charge in [-0.15, -0.1) is 0 Å². The molecule has 0 aromatic heterocycles. The highest BCUT2D eigenvalue weighted by molar-refractivity contribution is 7.98. The van der Waals surface area contributed by atoms with Gasteiger partial charge in [-0.25, -0.2) is 9.18 Å². The molecule has 8 heteroatoms. The molecule has 1 aliphatic heterocycles. The molecule has 1 aliphatic rings. The molecule has 1 saturated heterocycles. The molecule has 3 amide bonds. The van der Waals surface area contributed by atoms with E-state index in [0.29, 0.717) is 22.7 Å². The van der Waals surface area contributed by atoms with Crippen molar-refractivity contribution in [1.29, 1.82) is 0 Å². The number of fused-ring (bicyclic) bond motifs is 1. The van der Waals surface area contributed by atoms with Crippen LogP contribution in [-0.2, 0) is 14.3 Å². The molecule has 0 aliphatic carbocycles. The molecule has 25 heavy (non-hydrogen) atoms. The van der Waals surface area contributed by atoms with Gasteiger partial charge in [0.1, 0.15) is 5.82 Å². The molecule has 130 valence electrons. The highest BCUT2D eigenvalue weighted by atomic mass is 32.2. The molecule has 2 aromatic carbocycles. The summed E-state index contributed by atoms with van der Waals surface area (Å²) >= 11 is 0.650. The Kier molecular flexibility index (Phi) is 4.89. The van der Waals surface area contributed by atoms with E-state index in [0.717, 1.165) is 4.31 Å². The Bertz CT molecular complexity index is 858. The van der Waals surface area contributed by atoms with Crippen molar-refractivity contribution >= 4 is 40.6 Å². The zero-order valence-corrected chi connectivity index (χ0v) is 14.1. The predicted octanol–water partition coefficient (Wildman–Crippen LogP) is 2.72. The van der Waals surface area contributed by atoms with E-state index < -0.39 is 29.6 Å². The van der Waals surface area contributed by atoms with Gasteiger partial charge in [-0.1, -0.05) is 30.3 Å².